The summed E-state index contributed by atoms with van der Waals surface area (Å²) in [5, 5.41) is 3.23. The van der Waals surface area contributed by atoms with Gasteiger partial charge in [0.2, 0.25) is 0 Å². The Morgan fingerprint density at radius 2 is 1.48 bits per heavy atom. The van der Waals surface area contributed by atoms with Crippen molar-refractivity contribution in [3.8, 4) is 0 Å². The van der Waals surface area contributed by atoms with E-state index in [2.05, 4.69) is 11.9 Å². The van der Waals surface area contributed by atoms with E-state index in [1.165, 1.54) is 0 Å². The molecule has 0 aromatic heterocycles. The van der Waals surface area contributed by atoms with Crippen molar-refractivity contribution < 1.29 is 14.3 Å². The molecule has 0 saturated heterocycles. The van der Waals surface area contributed by atoms with E-state index in [1.54, 1.807) is 18.2 Å². The van der Waals surface area contributed by atoms with Crippen molar-refractivity contribution in [2.45, 2.75) is 23.9 Å². The van der Waals surface area contributed by atoms with Crippen molar-refractivity contribution in [1.29, 1.82) is 0 Å². The Hall–Kier alpha value is -3.14. The fourth-order valence-corrected chi connectivity index (χ4v) is 4.52. The van der Waals surface area contributed by atoms with E-state index in [1.807, 2.05) is 78.9 Å². The molecule has 0 fully saturated rings. The molecule has 0 bridgehead atoms. The van der Waals surface area contributed by atoms with Gasteiger partial charge in [-0.2, -0.15) is 0 Å². The number of amides is 1. The summed E-state index contributed by atoms with van der Waals surface area (Å²) < 4.78 is 6.76. The predicted octanol–water partition coefficient (Wildman–Crippen LogP) is 3.63. The number of ether oxygens (including phenoxy) is 1. The monoisotopic (exact) mass is 479 g/mol. The summed E-state index contributed by atoms with van der Waals surface area (Å²) in [4.78, 5) is 25.6. The van der Waals surface area contributed by atoms with E-state index in [0.717, 1.165) is 10.0 Å². The molecule has 0 heterocycles. The van der Waals surface area contributed by atoms with Crippen LogP contribution in [0.3, 0.4) is 0 Å². The second-order valence-electron chi connectivity index (χ2n) is 6.92. The summed E-state index contributed by atoms with van der Waals surface area (Å²) in [5.74, 6) is -0.737. The van der Waals surface area contributed by atoms with Gasteiger partial charge in [-0.05, 0) is 0 Å². The summed E-state index contributed by atoms with van der Waals surface area (Å²) in [6, 6.07) is 28.5. The van der Waals surface area contributed by atoms with E-state index >= 15 is 0 Å². The first-order chi connectivity index (χ1) is 15.2. The van der Waals surface area contributed by atoms with Gasteiger partial charge in [-0.15, -0.1) is 0 Å². The maximum atomic E-state index is 13.1. The van der Waals surface area contributed by atoms with Crippen LogP contribution in [0.4, 0.5) is 0 Å². The second kappa shape index (κ2) is 11.9. The van der Waals surface area contributed by atoms with E-state index < -0.39 is 6.10 Å². The van der Waals surface area contributed by atoms with Gasteiger partial charge in [-0.25, -0.2) is 0 Å². The summed E-state index contributed by atoms with van der Waals surface area (Å²) in [6.07, 6.45) is 1.31. The van der Waals surface area contributed by atoms with Crippen molar-refractivity contribution in [2.75, 3.05) is 0 Å². The number of rotatable bonds is 10. The SMILES string of the molecule is C=C[C@H](Cc1ccccc1)NC(=O)[C@@H](OC(=O)C[Se]c1ccccc1)c1ccccc1. The molecule has 1 amide bonds. The molecule has 5 heteroatoms. The summed E-state index contributed by atoms with van der Waals surface area (Å²) in [5.41, 5.74) is 1.73. The Labute approximate surface area is 189 Å². The minimum atomic E-state index is -1.00. The molecule has 0 aliphatic carbocycles. The molecule has 1 N–H and O–H groups in total. The van der Waals surface area contributed by atoms with Gasteiger partial charge >= 0.3 is 190 Å². The molecule has 31 heavy (non-hydrogen) atoms. The van der Waals surface area contributed by atoms with Gasteiger partial charge in [0.05, 0.1) is 0 Å². The van der Waals surface area contributed by atoms with E-state index in [0.29, 0.717) is 12.0 Å². The quantitative estimate of drug-likeness (QED) is 0.275. The molecule has 0 aliphatic rings. The number of carbonyl (C=O) groups excluding carboxylic acids is 2. The number of hydrogen-bond acceptors (Lipinski definition) is 3. The molecule has 0 unspecified atom stereocenters. The third kappa shape index (κ3) is 7.25. The average molecular weight is 478 g/mol. The van der Waals surface area contributed by atoms with Crippen molar-refractivity contribution in [2.24, 2.45) is 0 Å². The molecular formula is C26H25NO3Se. The number of hydrogen-bond donors (Lipinski definition) is 1. The standard InChI is InChI=1S/C26H25NO3Se/c1-2-22(18-20-12-6-3-7-13-20)27-26(29)25(21-14-8-4-9-15-21)30-24(28)19-31-23-16-10-5-11-17-23/h2-17,22,25H,1,18-19H2,(H,27,29)/t22-,25+/m1/s1. The van der Waals surface area contributed by atoms with Crippen LogP contribution in [0.15, 0.2) is 104 Å². The zero-order valence-electron chi connectivity index (χ0n) is 17.1. The first kappa shape index (κ1) is 22.5. The fourth-order valence-electron chi connectivity index (χ4n) is 3.04. The van der Waals surface area contributed by atoms with Crippen LogP contribution in [-0.2, 0) is 20.7 Å². The molecule has 0 aliphatic heterocycles. The van der Waals surface area contributed by atoms with Gasteiger partial charge in [-0.1, -0.05) is 0 Å². The molecule has 158 valence electrons. The Balaban J connectivity index is 1.67. The Bertz CT molecular complexity index is 977. The van der Waals surface area contributed by atoms with Crippen LogP contribution in [0, 0.1) is 0 Å². The van der Waals surface area contributed by atoms with Crippen LogP contribution in [-0.4, -0.2) is 32.9 Å². The van der Waals surface area contributed by atoms with Crippen LogP contribution in [0.25, 0.3) is 0 Å². The zero-order valence-corrected chi connectivity index (χ0v) is 18.9. The van der Waals surface area contributed by atoms with Gasteiger partial charge in [-0.3, -0.25) is 0 Å². The topological polar surface area (TPSA) is 55.4 Å². The molecule has 0 spiro atoms. The first-order valence-electron chi connectivity index (χ1n) is 10.0. The molecule has 0 saturated carbocycles. The molecule has 4 nitrogen and oxygen atoms in total. The average Bonchev–Trinajstić information content (AvgIpc) is 2.82. The van der Waals surface area contributed by atoms with Gasteiger partial charge < -0.3 is 0 Å². The summed E-state index contributed by atoms with van der Waals surface area (Å²) in [6.45, 7) is 3.85. The van der Waals surface area contributed by atoms with Crippen LogP contribution in [0.2, 0.25) is 5.32 Å². The molecule has 0 radical (unpaired) electrons. The number of esters is 1. The number of benzene rings is 3. The van der Waals surface area contributed by atoms with Gasteiger partial charge in [0, 0.05) is 0 Å². The molecule has 3 aromatic rings. The molecule has 3 aromatic carbocycles. The maximum absolute atomic E-state index is 13.1. The van der Waals surface area contributed by atoms with E-state index in [4.69, 9.17) is 4.74 Å². The molecule has 3 rings (SSSR count). The van der Waals surface area contributed by atoms with E-state index in [-0.39, 0.29) is 38.2 Å². The Kier molecular flexibility index (Phi) is 8.65. The summed E-state index contributed by atoms with van der Waals surface area (Å²) in [7, 11) is 0. The van der Waals surface area contributed by atoms with Gasteiger partial charge in [0.15, 0.2) is 0 Å². The second-order valence-corrected chi connectivity index (χ2v) is 9.12. The summed E-state index contributed by atoms with van der Waals surface area (Å²) >= 11 is -0.0486. The number of carbonyl (C=O) groups is 2. The minimum absolute atomic E-state index is 0.0486. The van der Waals surface area contributed by atoms with E-state index in [9.17, 15) is 9.59 Å². The number of nitrogens with one attached hydrogen (secondary N) is 1. The molecular weight excluding hydrogens is 453 g/mol. The van der Waals surface area contributed by atoms with Crippen LogP contribution < -0.4 is 9.78 Å². The van der Waals surface area contributed by atoms with Crippen LogP contribution >= 0.6 is 0 Å². The Morgan fingerprint density at radius 3 is 2.10 bits per heavy atom. The van der Waals surface area contributed by atoms with Crippen LogP contribution in [0.5, 0.6) is 0 Å². The van der Waals surface area contributed by atoms with Crippen molar-refractivity contribution in [3.05, 3.63) is 115 Å². The van der Waals surface area contributed by atoms with Crippen LogP contribution in [0.1, 0.15) is 17.2 Å². The van der Waals surface area contributed by atoms with Crippen molar-refractivity contribution >= 4 is 31.3 Å². The predicted molar refractivity (Wildman–Crippen MR) is 124 cm³/mol. The van der Waals surface area contributed by atoms with Crippen molar-refractivity contribution in [3.63, 3.8) is 0 Å². The molecule has 2 atom stereocenters. The Morgan fingerprint density at radius 1 is 0.903 bits per heavy atom. The third-order valence-electron chi connectivity index (χ3n) is 4.60. The van der Waals surface area contributed by atoms with Gasteiger partial charge in [0.1, 0.15) is 0 Å². The fraction of sp³-hybridized carbons (Fsp3) is 0.154. The zero-order chi connectivity index (χ0) is 21.9. The van der Waals surface area contributed by atoms with Crippen molar-refractivity contribution in [1.82, 2.24) is 5.32 Å². The first-order valence-corrected chi connectivity index (χ1v) is 12.1. The normalized spacial score (nSPS) is 12.4. The van der Waals surface area contributed by atoms with Gasteiger partial charge in [0.25, 0.3) is 0 Å². The third-order valence-corrected chi connectivity index (χ3v) is 6.67.